The van der Waals surface area contributed by atoms with Gasteiger partial charge in [-0.3, -0.25) is 4.90 Å². The summed E-state index contributed by atoms with van der Waals surface area (Å²) < 4.78 is 6.03. The number of hydrogen-bond acceptors (Lipinski definition) is 4. The van der Waals surface area contributed by atoms with Crippen molar-refractivity contribution in [2.24, 2.45) is 0 Å². The summed E-state index contributed by atoms with van der Waals surface area (Å²) in [7, 11) is 2.21. The van der Waals surface area contributed by atoms with Gasteiger partial charge in [0.1, 0.15) is 0 Å². The zero-order valence-electron chi connectivity index (χ0n) is 12.7. The zero-order valence-corrected chi connectivity index (χ0v) is 13.5. The standard InChI is InChI=1S/C15H26N2OS/c1-10(2)16-9-14-15(17(5)6-7-18-14)13-8-11(3)19-12(13)4/h8,10,14-16H,6-7,9H2,1-5H3. The molecule has 19 heavy (non-hydrogen) atoms. The summed E-state index contributed by atoms with van der Waals surface area (Å²) in [4.78, 5) is 5.25. The van der Waals surface area contributed by atoms with Crippen LogP contribution in [-0.4, -0.2) is 43.8 Å². The van der Waals surface area contributed by atoms with Crippen molar-refractivity contribution < 1.29 is 4.74 Å². The lowest BCUT2D eigenvalue weighted by Crippen LogP contribution is -2.48. The molecule has 4 heteroatoms. The highest BCUT2D eigenvalue weighted by Gasteiger charge is 2.32. The molecule has 0 saturated carbocycles. The minimum atomic E-state index is 0.244. The summed E-state index contributed by atoms with van der Waals surface area (Å²) in [6.07, 6.45) is 0.244. The molecule has 2 rings (SSSR count). The molecule has 0 amide bonds. The van der Waals surface area contributed by atoms with Crippen LogP contribution in [0, 0.1) is 13.8 Å². The van der Waals surface area contributed by atoms with E-state index in [0.29, 0.717) is 12.1 Å². The van der Waals surface area contributed by atoms with Gasteiger partial charge in [-0.05, 0) is 32.5 Å². The smallest absolute Gasteiger partial charge is 0.0896 e. The van der Waals surface area contributed by atoms with Crippen LogP contribution in [-0.2, 0) is 4.74 Å². The second kappa shape index (κ2) is 6.35. The van der Waals surface area contributed by atoms with E-state index in [1.807, 2.05) is 11.3 Å². The Labute approximate surface area is 121 Å². The van der Waals surface area contributed by atoms with Gasteiger partial charge in [-0.15, -0.1) is 11.3 Å². The van der Waals surface area contributed by atoms with Crippen molar-refractivity contribution in [1.29, 1.82) is 0 Å². The highest BCUT2D eigenvalue weighted by Crippen LogP contribution is 2.34. The topological polar surface area (TPSA) is 24.5 Å². The predicted molar refractivity (Wildman–Crippen MR) is 82.0 cm³/mol. The van der Waals surface area contributed by atoms with Crippen LogP contribution in [0.15, 0.2) is 6.07 Å². The highest BCUT2D eigenvalue weighted by molar-refractivity contribution is 7.12. The van der Waals surface area contributed by atoms with Gasteiger partial charge in [0, 0.05) is 28.9 Å². The van der Waals surface area contributed by atoms with Crippen molar-refractivity contribution in [1.82, 2.24) is 10.2 Å². The van der Waals surface area contributed by atoms with E-state index in [-0.39, 0.29) is 6.10 Å². The molecule has 0 spiro atoms. The van der Waals surface area contributed by atoms with Crippen LogP contribution < -0.4 is 5.32 Å². The minimum absolute atomic E-state index is 0.244. The average Bonchev–Trinajstić information content (AvgIpc) is 2.65. The quantitative estimate of drug-likeness (QED) is 0.919. The Morgan fingerprint density at radius 3 is 2.79 bits per heavy atom. The molecule has 1 aromatic rings. The van der Waals surface area contributed by atoms with Gasteiger partial charge >= 0.3 is 0 Å². The van der Waals surface area contributed by atoms with E-state index >= 15 is 0 Å². The Kier molecular flexibility index (Phi) is 5.01. The fraction of sp³-hybridized carbons (Fsp3) is 0.733. The number of likely N-dealkylation sites (N-methyl/N-ethyl adjacent to an activating group) is 1. The number of nitrogens with zero attached hydrogens (tertiary/aromatic N) is 1. The molecule has 2 atom stereocenters. The molecule has 1 aromatic heterocycles. The highest BCUT2D eigenvalue weighted by atomic mass is 32.1. The lowest BCUT2D eigenvalue weighted by atomic mass is 9.98. The van der Waals surface area contributed by atoms with E-state index in [0.717, 1.165) is 19.7 Å². The van der Waals surface area contributed by atoms with Crippen LogP contribution in [0.4, 0.5) is 0 Å². The Bertz CT molecular complexity index is 416. The van der Waals surface area contributed by atoms with Crippen LogP contribution in [0.1, 0.15) is 35.2 Å². The van der Waals surface area contributed by atoms with Crippen LogP contribution in [0.3, 0.4) is 0 Å². The summed E-state index contributed by atoms with van der Waals surface area (Å²) >= 11 is 1.89. The van der Waals surface area contributed by atoms with E-state index in [1.54, 1.807) is 0 Å². The number of nitrogens with one attached hydrogen (secondary N) is 1. The van der Waals surface area contributed by atoms with Crippen molar-refractivity contribution in [3.8, 4) is 0 Å². The molecule has 1 aliphatic heterocycles. The molecule has 3 nitrogen and oxygen atoms in total. The number of morpholine rings is 1. The third-order valence-electron chi connectivity index (χ3n) is 3.73. The van der Waals surface area contributed by atoms with Gasteiger partial charge in [0.05, 0.1) is 18.8 Å². The number of hydrogen-bond donors (Lipinski definition) is 1. The van der Waals surface area contributed by atoms with Gasteiger partial charge in [0.2, 0.25) is 0 Å². The summed E-state index contributed by atoms with van der Waals surface area (Å²) in [6.45, 7) is 11.5. The fourth-order valence-corrected chi connectivity index (χ4v) is 3.73. The van der Waals surface area contributed by atoms with Crippen molar-refractivity contribution >= 4 is 11.3 Å². The minimum Gasteiger partial charge on any atom is -0.374 e. The first-order chi connectivity index (χ1) is 8.99. The van der Waals surface area contributed by atoms with Crippen molar-refractivity contribution in [3.05, 3.63) is 21.4 Å². The first-order valence-corrected chi connectivity index (χ1v) is 7.93. The molecule has 2 unspecified atom stereocenters. The molecule has 1 saturated heterocycles. The number of aryl methyl sites for hydroxylation is 2. The van der Waals surface area contributed by atoms with Gasteiger partial charge in [0.25, 0.3) is 0 Å². The maximum Gasteiger partial charge on any atom is 0.0896 e. The van der Waals surface area contributed by atoms with Gasteiger partial charge < -0.3 is 10.1 Å². The Morgan fingerprint density at radius 1 is 1.47 bits per heavy atom. The number of ether oxygens (including phenoxy) is 1. The largest absolute Gasteiger partial charge is 0.374 e. The SMILES string of the molecule is Cc1cc(C2C(CNC(C)C)OCCN2C)c(C)s1. The lowest BCUT2D eigenvalue weighted by molar-refractivity contribution is -0.0620. The number of thiophene rings is 1. The fourth-order valence-electron chi connectivity index (χ4n) is 2.77. The first-order valence-electron chi connectivity index (χ1n) is 7.11. The monoisotopic (exact) mass is 282 g/mol. The van der Waals surface area contributed by atoms with Crippen LogP contribution in [0.2, 0.25) is 0 Å². The van der Waals surface area contributed by atoms with Crippen molar-refractivity contribution in [3.63, 3.8) is 0 Å². The summed E-state index contributed by atoms with van der Waals surface area (Å²) in [6, 6.07) is 3.21. The van der Waals surface area contributed by atoms with Gasteiger partial charge in [-0.2, -0.15) is 0 Å². The summed E-state index contributed by atoms with van der Waals surface area (Å²) in [5, 5.41) is 3.51. The molecule has 0 aromatic carbocycles. The van der Waals surface area contributed by atoms with Crippen molar-refractivity contribution in [2.45, 2.75) is 45.9 Å². The Morgan fingerprint density at radius 2 is 2.21 bits per heavy atom. The molecule has 0 bridgehead atoms. The Balaban J connectivity index is 2.18. The molecule has 0 aliphatic carbocycles. The van der Waals surface area contributed by atoms with Crippen molar-refractivity contribution in [2.75, 3.05) is 26.7 Å². The second-order valence-corrected chi connectivity index (χ2v) is 7.23. The van der Waals surface area contributed by atoms with E-state index < -0.39 is 0 Å². The summed E-state index contributed by atoms with van der Waals surface area (Å²) in [5.74, 6) is 0. The van der Waals surface area contributed by atoms with E-state index in [1.165, 1.54) is 15.3 Å². The van der Waals surface area contributed by atoms with E-state index in [9.17, 15) is 0 Å². The van der Waals surface area contributed by atoms with Crippen LogP contribution in [0.5, 0.6) is 0 Å². The van der Waals surface area contributed by atoms with E-state index in [4.69, 9.17) is 4.74 Å². The van der Waals surface area contributed by atoms with Crippen LogP contribution >= 0.6 is 11.3 Å². The molecule has 1 N–H and O–H groups in total. The van der Waals surface area contributed by atoms with Gasteiger partial charge in [0.15, 0.2) is 0 Å². The molecule has 0 radical (unpaired) electrons. The molecule has 1 fully saturated rings. The average molecular weight is 282 g/mol. The molecular formula is C15H26N2OS. The molecule has 2 heterocycles. The number of rotatable bonds is 4. The van der Waals surface area contributed by atoms with Crippen LogP contribution in [0.25, 0.3) is 0 Å². The van der Waals surface area contributed by atoms with E-state index in [2.05, 4.69) is 51.0 Å². The van der Waals surface area contributed by atoms with Gasteiger partial charge in [-0.25, -0.2) is 0 Å². The predicted octanol–water partition coefficient (Wildman–Crippen LogP) is 2.73. The summed E-state index contributed by atoms with van der Waals surface area (Å²) in [5.41, 5.74) is 1.44. The third-order valence-corrected chi connectivity index (χ3v) is 4.71. The third kappa shape index (κ3) is 3.57. The normalized spacial score (nSPS) is 25.2. The lowest BCUT2D eigenvalue weighted by Gasteiger charge is -2.39. The van der Waals surface area contributed by atoms with Gasteiger partial charge in [-0.1, -0.05) is 13.8 Å². The maximum atomic E-state index is 6.03. The second-order valence-electron chi connectivity index (χ2n) is 5.77. The molecule has 1 aliphatic rings. The first kappa shape index (κ1) is 15.0. The maximum absolute atomic E-state index is 6.03. The molecule has 108 valence electrons. The zero-order chi connectivity index (χ0) is 14.0. The molecular weight excluding hydrogens is 256 g/mol. The Hall–Kier alpha value is -0.420.